The molecule has 2 aromatic carbocycles. The predicted octanol–water partition coefficient (Wildman–Crippen LogP) is 6.08. The maximum Gasteiger partial charge on any atom is 0.277 e. The molecule has 0 radical (unpaired) electrons. The summed E-state index contributed by atoms with van der Waals surface area (Å²) in [5.41, 5.74) is 0.816. The zero-order valence-electron chi connectivity index (χ0n) is 16.4. The summed E-state index contributed by atoms with van der Waals surface area (Å²) in [6.07, 6.45) is 3.34. The molecule has 1 amide bonds. The van der Waals surface area contributed by atoms with Gasteiger partial charge in [-0.15, -0.1) is 11.3 Å². The molecule has 4 aromatic rings. The van der Waals surface area contributed by atoms with Gasteiger partial charge in [-0.3, -0.25) is 10.1 Å². The van der Waals surface area contributed by atoms with E-state index in [1.807, 2.05) is 37.3 Å². The van der Waals surface area contributed by atoms with E-state index in [1.165, 1.54) is 40.9 Å². The molecule has 0 fully saturated rings. The van der Waals surface area contributed by atoms with Crippen molar-refractivity contribution in [2.75, 3.05) is 5.32 Å². The number of anilines is 1. The minimum atomic E-state index is -0.358. The number of thioether (sulfide) groups is 1. The zero-order valence-corrected chi connectivity index (χ0v) is 18.9. The number of aryl methyl sites for hydroxylation is 1. The molecule has 31 heavy (non-hydrogen) atoms. The second-order valence-corrected chi connectivity index (χ2v) is 9.68. The lowest BCUT2D eigenvalue weighted by Gasteiger charge is -2.10. The molecule has 0 unspecified atom stereocenters. The van der Waals surface area contributed by atoms with Crippen LogP contribution in [0.1, 0.15) is 20.9 Å². The summed E-state index contributed by atoms with van der Waals surface area (Å²) >= 11 is 4.09. The van der Waals surface area contributed by atoms with Crippen LogP contribution in [-0.4, -0.2) is 20.9 Å². The highest BCUT2D eigenvalue weighted by Crippen LogP contribution is 2.31. The maximum absolute atomic E-state index is 13.9. The van der Waals surface area contributed by atoms with Crippen molar-refractivity contribution in [3.05, 3.63) is 88.9 Å². The molecular weight excluding hydrogens is 451 g/mol. The highest BCUT2D eigenvalue weighted by atomic mass is 32.2. The summed E-state index contributed by atoms with van der Waals surface area (Å²) in [5, 5.41) is 3.73. The van der Waals surface area contributed by atoms with Gasteiger partial charge in [-0.2, -0.15) is 0 Å². The van der Waals surface area contributed by atoms with E-state index in [4.69, 9.17) is 0 Å². The fourth-order valence-corrected chi connectivity index (χ4v) is 4.95. The Kier molecular flexibility index (Phi) is 6.96. The van der Waals surface area contributed by atoms with Crippen LogP contribution in [0.25, 0.3) is 0 Å². The van der Waals surface area contributed by atoms with E-state index in [0.717, 1.165) is 9.77 Å². The first-order valence-corrected chi connectivity index (χ1v) is 11.9. The first-order valence-electron chi connectivity index (χ1n) is 9.28. The van der Waals surface area contributed by atoms with Gasteiger partial charge in [-0.05, 0) is 30.7 Å². The van der Waals surface area contributed by atoms with Crippen LogP contribution in [0, 0.1) is 12.7 Å². The van der Waals surface area contributed by atoms with Crippen molar-refractivity contribution in [1.29, 1.82) is 0 Å². The Morgan fingerprint density at radius 1 is 1.06 bits per heavy atom. The number of carbonyl (C=O) groups is 1. The molecule has 0 spiro atoms. The normalized spacial score (nSPS) is 10.8. The Hall–Kier alpha value is -2.75. The third-order valence-corrected chi connectivity index (χ3v) is 6.84. The average Bonchev–Trinajstić information content (AvgIpc) is 3.19. The van der Waals surface area contributed by atoms with Crippen LogP contribution in [0.2, 0.25) is 0 Å². The van der Waals surface area contributed by atoms with Crippen molar-refractivity contribution in [3.8, 4) is 0 Å². The number of hydrogen-bond acceptors (Lipinski definition) is 7. The molecule has 0 saturated carbocycles. The van der Waals surface area contributed by atoms with Crippen LogP contribution in [0.15, 0.2) is 81.9 Å². The van der Waals surface area contributed by atoms with Gasteiger partial charge in [-0.25, -0.2) is 19.3 Å². The Morgan fingerprint density at radius 3 is 2.58 bits per heavy atom. The minimum Gasteiger partial charge on any atom is -0.296 e. The van der Waals surface area contributed by atoms with E-state index in [1.54, 1.807) is 30.6 Å². The Labute approximate surface area is 191 Å². The van der Waals surface area contributed by atoms with Crippen LogP contribution < -0.4 is 5.32 Å². The van der Waals surface area contributed by atoms with Crippen LogP contribution in [0.5, 0.6) is 0 Å². The van der Waals surface area contributed by atoms with E-state index in [2.05, 4.69) is 20.3 Å². The van der Waals surface area contributed by atoms with E-state index < -0.39 is 0 Å². The molecule has 0 bridgehead atoms. The molecule has 2 aromatic heterocycles. The lowest BCUT2D eigenvalue weighted by molar-refractivity contribution is 0.101. The first-order chi connectivity index (χ1) is 15.1. The van der Waals surface area contributed by atoms with Gasteiger partial charge in [0.05, 0.1) is 4.90 Å². The number of benzene rings is 2. The molecule has 0 aliphatic heterocycles. The van der Waals surface area contributed by atoms with Crippen LogP contribution in [0.3, 0.4) is 0 Å². The number of aromatic nitrogens is 3. The second-order valence-electron chi connectivity index (χ2n) is 6.39. The monoisotopic (exact) mass is 468 g/mol. The first kappa shape index (κ1) is 21.5. The van der Waals surface area contributed by atoms with E-state index in [-0.39, 0.29) is 17.4 Å². The van der Waals surface area contributed by atoms with E-state index in [0.29, 0.717) is 26.5 Å². The van der Waals surface area contributed by atoms with Gasteiger partial charge in [0, 0.05) is 27.9 Å². The molecule has 5 nitrogen and oxygen atoms in total. The van der Waals surface area contributed by atoms with Gasteiger partial charge in [0.2, 0.25) is 0 Å². The lowest BCUT2D eigenvalue weighted by Crippen LogP contribution is -2.15. The topological polar surface area (TPSA) is 67.8 Å². The van der Waals surface area contributed by atoms with Crippen molar-refractivity contribution in [3.63, 3.8) is 0 Å². The van der Waals surface area contributed by atoms with E-state index >= 15 is 0 Å². The van der Waals surface area contributed by atoms with Crippen LogP contribution >= 0.6 is 34.9 Å². The number of amides is 1. The highest BCUT2D eigenvalue weighted by molar-refractivity contribution is 7.99. The summed E-state index contributed by atoms with van der Waals surface area (Å²) < 4.78 is 13.9. The molecular formula is C22H17FN4OS3. The number of rotatable bonds is 7. The molecule has 0 aliphatic carbocycles. The third kappa shape index (κ3) is 5.69. The molecule has 0 atom stereocenters. The number of carbonyl (C=O) groups excluding carboxylic acids is 1. The fraction of sp³-hybridized carbons (Fsp3) is 0.0909. The van der Waals surface area contributed by atoms with Gasteiger partial charge >= 0.3 is 0 Å². The van der Waals surface area contributed by atoms with Crippen molar-refractivity contribution in [2.24, 2.45) is 0 Å². The van der Waals surface area contributed by atoms with Crippen LogP contribution in [-0.2, 0) is 5.75 Å². The van der Waals surface area contributed by atoms with Crippen molar-refractivity contribution in [1.82, 2.24) is 15.0 Å². The summed E-state index contributed by atoms with van der Waals surface area (Å²) in [7, 11) is 0. The van der Waals surface area contributed by atoms with Gasteiger partial charge in [0.25, 0.3) is 5.91 Å². The minimum absolute atomic E-state index is 0.257. The van der Waals surface area contributed by atoms with Gasteiger partial charge in [0.1, 0.15) is 11.5 Å². The smallest absolute Gasteiger partial charge is 0.277 e. The van der Waals surface area contributed by atoms with Gasteiger partial charge < -0.3 is 0 Å². The number of nitrogens with one attached hydrogen (secondary N) is 1. The summed E-state index contributed by atoms with van der Waals surface area (Å²) in [6, 6.07) is 16.3. The van der Waals surface area contributed by atoms with Gasteiger partial charge in [0.15, 0.2) is 10.3 Å². The molecule has 2 heterocycles. The van der Waals surface area contributed by atoms with Crippen molar-refractivity contribution in [2.45, 2.75) is 27.6 Å². The molecule has 156 valence electrons. The molecule has 4 rings (SSSR count). The zero-order chi connectivity index (χ0) is 21.6. The highest BCUT2D eigenvalue weighted by Gasteiger charge is 2.18. The quantitative estimate of drug-likeness (QED) is 0.262. The molecule has 9 heteroatoms. The van der Waals surface area contributed by atoms with Gasteiger partial charge in [-0.1, -0.05) is 59.9 Å². The summed E-state index contributed by atoms with van der Waals surface area (Å²) in [5.74, 6) is -0.267. The standard InChI is InChI=1S/C22H17FN4OS3/c1-14-11-24-22(30-14)27-20(28)19-18(31-16-8-3-2-4-9-16)12-25-21(26-19)29-13-15-7-5-6-10-17(15)23/h2-12H,13H2,1H3,(H,24,27,28). The third-order valence-electron chi connectivity index (χ3n) is 4.08. The molecule has 0 aliphatic rings. The molecule has 0 saturated heterocycles. The Balaban J connectivity index is 1.59. The maximum atomic E-state index is 13.9. The number of thiazole rings is 1. The molecule has 1 N–H and O–H groups in total. The van der Waals surface area contributed by atoms with Crippen LogP contribution in [0.4, 0.5) is 9.52 Å². The second kappa shape index (κ2) is 10.0. The summed E-state index contributed by atoms with van der Waals surface area (Å²) in [4.78, 5) is 28.7. The Morgan fingerprint density at radius 2 is 1.84 bits per heavy atom. The summed E-state index contributed by atoms with van der Waals surface area (Å²) in [6.45, 7) is 1.92. The number of hydrogen-bond donors (Lipinski definition) is 1. The SMILES string of the molecule is Cc1cnc(NC(=O)c2nc(SCc3ccccc3F)ncc2Sc2ccccc2)s1. The predicted molar refractivity (Wildman–Crippen MR) is 123 cm³/mol. The Bertz CT molecular complexity index is 1200. The van der Waals surface area contributed by atoms with Crippen molar-refractivity contribution >= 4 is 45.9 Å². The number of nitrogens with zero attached hydrogens (tertiary/aromatic N) is 3. The average molecular weight is 469 g/mol. The van der Waals surface area contributed by atoms with Crippen molar-refractivity contribution < 1.29 is 9.18 Å². The largest absolute Gasteiger partial charge is 0.296 e. The van der Waals surface area contributed by atoms with E-state index in [9.17, 15) is 9.18 Å². The number of halogens is 1. The fourth-order valence-electron chi connectivity index (χ4n) is 2.60. The lowest BCUT2D eigenvalue weighted by atomic mass is 10.2.